The van der Waals surface area contributed by atoms with Gasteiger partial charge in [0, 0.05) is 30.9 Å². The van der Waals surface area contributed by atoms with Crippen LogP contribution in [0.2, 0.25) is 0 Å². The van der Waals surface area contributed by atoms with Gasteiger partial charge in [-0.05, 0) is 62.1 Å². The number of aromatic nitrogens is 1. The molecular weight excluding hydrogens is 284 g/mol. The molecular formula is C20H26N2O. The van der Waals surface area contributed by atoms with E-state index in [0.717, 1.165) is 19.4 Å². The van der Waals surface area contributed by atoms with Crippen LogP contribution < -0.4 is 0 Å². The topological polar surface area (TPSA) is 36.4 Å². The molecule has 1 aliphatic heterocycles. The standard InChI is InChI=1S/C20H26N2O/c23-20-9-5-6-17(16-20)10-11-19-8-2-4-14-22(19)15-12-18-7-1-3-13-21-18/h1,3,5-7,9,13,16,19,23H,2,4,8,10-12,14-15H2. The molecule has 2 heterocycles. The van der Waals surface area contributed by atoms with Crippen molar-refractivity contribution in [1.82, 2.24) is 9.88 Å². The molecule has 1 aromatic heterocycles. The first-order chi connectivity index (χ1) is 11.3. The molecule has 0 saturated carbocycles. The lowest BCUT2D eigenvalue weighted by Gasteiger charge is -2.36. The van der Waals surface area contributed by atoms with Crippen molar-refractivity contribution in [3.63, 3.8) is 0 Å². The maximum Gasteiger partial charge on any atom is 0.115 e. The number of nitrogens with zero attached hydrogens (tertiary/aromatic N) is 2. The molecule has 1 unspecified atom stereocenters. The minimum atomic E-state index is 0.373. The normalized spacial score (nSPS) is 18.9. The van der Waals surface area contributed by atoms with E-state index in [0.29, 0.717) is 11.8 Å². The highest BCUT2D eigenvalue weighted by molar-refractivity contribution is 5.27. The second-order valence-electron chi connectivity index (χ2n) is 6.47. The summed E-state index contributed by atoms with van der Waals surface area (Å²) in [5.74, 6) is 0.373. The molecule has 1 atom stereocenters. The Labute approximate surface area is 139 Å². The summed E-state index contributed by atoms with van der Waals surface area (Å²) in [5.41, 5.74) is 2.42. The van der Waals surface area contributed by atoms with Crippen LogP contribution in [-0.4, -0.2) is 34.1 Å². The van der Waals surface area contributed by atoms with Gasteiger partial charge in [-0.3, -0.25) is 9.88 Å². The SMILES string of the molecule is Oc1cccc(CCC2CCCCN2CCc2ccccn2)c1. The van der Waals surface area contributed by atoms with E-state index >= 15 is 0 Å². The minimum Gasteiger partial charge on any atom is -0.508 e. The zero-order valence-corrected chi connectivity index (χ0v) is 13.7. The molecule has 0 spiro atoms. The smallest absolute Gasteiger partial charge is 0.115 e. The van der Waals surface area contributed by atoms with Gasteiger partial charge in [-0.25, -0.2) is 0 Å². The molecule has 1 fully saturated rings. The number of pyridine rings is 1. The Balaban J connectivity index is 1.53. The number of phenolic OH excluding ortho intramolecular Hbond substituents is 1. The van der Waals surface area contributed by atoms with Crippen molar-refractivity contribution in [3.05, 3.63) is 59.9 Å². The van der Waals surface area contributed by atoms with Gasteiger partial charge in [-0.15, -0.1) is 0 Å². The third kappa shape index (κ3) is 4.80. The quantitative estimate of drug-likeness (QED) is 0.881. The Bertz CT molecular complexity index is 600. The fourth-order valence-corrected chi connectivity index (χ4v) is 3.53. The van der Waals surface area contributed by atoms with Gasteiger partial charge >= 0.3 is 0 Å². The van der Waals surface area contributed by atoms with Crippen molar-refractivity contribution < 1.29 is 5.11 Å². The highest BCUT2D eigenvalue weighted by Gasteiger charge is 2.21. The molecule has 3 nitrogen and oxygen atoms in total. The van der Waals surface area contributed by atoms with Gasteiger partial charge in [-0.1, -0.05) is 24.6 Å². The molecule has 1 aromatic carbocycles. The lowest BCUT2D eigenvalue weighted by atomic mass is 9.95. The molecule has 23 heavy (non-hydrogen) atoms. The van der Waals surface area contributed by atoms with E-state index < -0.39 is 0 Å². The first kappa shape index (κ1) is 16.0. The summed E-state index contributed by atoms with van der Waals surface area (Å²) < 4.78 is 0. The van der Waals surface area contributed by atoms with Crippen LogP contribution in [0, 0.1) is 0 Å². The van der Waals surface area contributed by atoms with Crippen molar-refractivity contribution in [2.24, 2.45) is 0 Å². The van der Waals surface area contributed by atoms with Crippen LogP contribution in [0.15, 0.2) is 48.7 Å². The van der Waals surface area contributed by atoms with Gasteiger partial charge in [0.1, 0.15) is 5.75 Å². The van der Waals surface area contributed by atoms with Crippen LogP contribution in [0.1, 0.15) is 36.9 Å². The zero-order valence-electron chi connectivity index (χ0n) is 13.7. The molecule has 1 saturated heterocycles. The second-order valence-corrected chi connectivity index (χ2v) is 6.47. The van der Waals surface area contributed by atoms with Crippen molar-refractivity contribution in [2.75, 3.05) is 13.1 Å². The number of aryl methyl sites for hydroxylation is 1. The largest absolute Gasteiger partial charge is 0.508 e. The van der Waals surface area contributed by atoms with Gasteiger partial charge in [0.2, 0.25) is 0 Å². The van der Waals surface area contributed by atoms with Gasteiger partial charge in [0.05, 0.1) is 0 Å². The van der Waals surface area contributed by atoms with E-state index in [1.54, 1.807) is 6.07 Å². The summed E-state index contributed by atoms with van der Waals surface area (Å²) >= 11 is 0. The molecule has 1 N–H and O–H groups in total. The summed E-state index contributed by atoms with van der Waals surface area (Å²) in [7, 11) is 0. The maximum atomic E-state index is 9.59. The molecule has 3 heteroatoms. The van der Waals surface area contributed by atoms with Crippen LogP contribution in [-0.2, 0) is 12.8 Å². The van der Waals surface area contributed by atoms with E-state index in [4.69, 9.17) is 0 Å². The predicted octanol–water partition coefficient (Wildman–Crippen LogP) is 3.82. The minimum absolute atomic E-state index is 0.373. The number of benzene rings is 1. The van der Waals surface area contributed by atoms with Gasteiger partial charge in [0.25, 0.3) is 0 Å². The molecule has 3 rings (SSSR count). The van der Waals surface area contributed by atoms with Gasteiger partial charge in [-0.2, -0.15) is 0 Å². The highest BCUT2D eigenvalue weighted by atomic mass is 16.3. The number of phenols is 1. The molecule has 1 aliphatic rings. The summed E-state index contributed by atoms with van der Waals surface area (Å²) in [6.07, 6.45) is 9.07. The number of rotatable bonds is 6. The van der Waals surface area contributed by atoms with E-state index in [2.05, 4.69) is 28.1 Å². The Kier molecular flexibility index (Phi) is 5.65. The third-order valence-corrected chi connectivity index (χ3v) is 4.81. The first-order valence-electron chi connectivity index (χ1n) is 8.73. The van der Waals surface area contributed by atoms with Crippen molar-refractivity contribution in [1.29, 1.82) is 0 Å². The lowest BCUT2D eigenvalue weighted by molar-refractivity contribution is 0.142. The third-order valence-electron chi connectivity index (χ3n) is 4.81. The monoisotopic (exact) mass is 310 g/mol. The fraction of sp³-hybridized carbons (Fsp3) is 0.450. The van der Waals surface area contributed by atoms with Crippen LogP contribution in [0.5, 0.6) is 5.75 Å². The average Bonchev–Trinajstić information content (AvgIpc) is 2.60. The Morgan fingerprint density at radius 3 is 2.87 bits per heavy atom. The van der Waals surface area contributed by atoms with E-state index in [9.17, 15) is 5.11 Å². The number of likely N-dealkylation sites (tertiary alicyclic amines) is 1. The van der Waals surface area contributed by atoms with Crippen molar-refractivity contribution in [2.45, 2.75) is 44.6 Å². The summed E-state index contributed by atoms with van der Waals surface area (Å²) in [6, 6.07) is 14.5. The number of aromatic hydroxyl groups is 1. The van der Waals surface area contributed by atoms with Gasteiger partial charge < -0.3 is 5.11 Å². The number of hydrogen-bond donors (Lipinski definition) is 1. The fourth-order valence-electron chi connectivity index (χ4n) is 3.53. The molecule has 0 radical (unpaired) electrons. The van der Waals surface area contributed by atoms with Gasteiger partial charge in [0.15, 0.2) is 0 Å². The number of hydrogen-bond acceptors (Lipinski definition) is 3. The lowest BCUT2D eigenvalue weighted by Crippen LogP contribution is -2.41. The Morgan fingerprint density at radius 2 is 2.04 bits per heavy atom. The summed E-state index contributed by atoms with van der Waals surface area (Å²) in [4.78, 5) is 7.08. The Morgan fingerprint density at radius 1 is 1.09 bits per heavy atom. The van der Waals surface area contributed by atoms with E-state index in [-0.39, 0.29) is 0 Å². The molecule has 2 aromatic rings. The maximum absolute atomic E-state index is 9.59. The average molecular weight is 310 g/mol. The second kappa shape index (κ2) is 8.11. The molecule has 0 bridgehead atoms. The molecule has 122 valence electrons. The molecule has 0 amide bonds. The molecule has 0 aliphatic carbocycles. The Hall–Kier alpha value is -1.87. The van der Waals surface area contributed by atoms with Crippen molar-refractivity contribution >= 4 is 0 Å². The zero-order chi connectivity index (χ0) is 15.9. The predicted molar refractivity (Wildman–Crippen MR) is 93.6 cm³/mol. The van der Waals surface area contributed by atoms with E-state index in [1.165, 1.54) is 43.5 Å². The summed E-state index contributed by atoms with van der Waals surface area (Å²) in [5, 5.41) is 9.59. The summed E-state index contributed by atoms with van der Waals surface area (Å²) in [6.45, 7) is 2.30. The van der Waals surface area contributed by atoms with Crippen LogP contribution in [0.4, 0.5) is 0 Å². The highest BCUT2D eigenvalue weighted by Crippen LogP contribution is 2.22. The van der Waals surface area contributed by atoms with Crippen molar-refractivity contribution in [3.8, 4) is 5.75 Å². The number of piperidine rings is 1. The van der Waals surface area contributed by atoms with Crippen LogP contribution >= 0.6 is 0 Å². The van der Waals surface area contributed by atoms with E-state index in [1.807, 2.05) is 24.4 Å². The first-order valence-corrected chi connectivity index (χ1v) is 8.73. The van der Waals surface area contributed by atoms with Crippen LogP contribution in [0.25, 0.3) is 0 Å². The van der Waals surface area contributed by atoms with Crippen LogP contribution in [0.3, 0.4) is 0 Å².